The largest absolute Gasteiger partial charge is 0.344 e. The van der Waals surface area contributed by atoms with Crippen molar-refractivity contribution in [3.63, 3.8) is 0 Å². The van der Waals surface area contributed by atoms with E-state index in [1.54, 1.807) is 0 Å². The number of nitrogens with zero attached hydrogens (tertiary/aromatic N) is 2. The molecule has 70 valence electrons. The number of aryl methyl sites for hydroxylation is 2. The number of hydrogen-bond acceptors (Lipinski definition) is 2. The first-order valence-electron chi connectivity index (χ1n) is 4.33. The summed E-state index contributed by atoms with van der Waals surface area (Å²) in [5.74, 6) is 0. The van der Waals surface area contributed by atoms with Crippen molar-refractivity contribution in [3.05, 3.63) is 18.0 Å². The predicted molar refractivity (Wildman–Crippen MR) is 51.5 cm³/mol. The van der Waals surface area contributed by atoms with E-state index in [1.165, 1.54) is 25.0 Å². The van der Waals surface area contributed by atoms with Gasteiger partial charge >= 0.3 is 0 Å². The Kier molecular flexibility index (Phi) is 5.37. The Morgan fingerprint density at radius 3 is 2.67 bits per heavy atom. The lowest BCUT2D eigenvalue weighted by Crippen LogP contribution is -2.01. The average molecular weight is 169 g/mol. The molecule has 3 nitrogen and oxygen atoms in total. The van der Waals surface area contributed by atoms with Crippen LogP contribution >= 0.6 is 0 Å². The maximum absolute atomic E-state index is 4.20. The highest BCUT2D eigenvalue weighted by atomic mass is 15.3. The van der Waals surface area contributed by atoms with Gasteiger partial charge in [0.15, 0.2) is 0 Å². The summed E-state index contributed by atoms with van der Waals surface area (Å²) in [6, 6.07) is 2.05. The van der Waals surface area contributed by atoms with E-state index in [0.29, 0.717) is 0 Å². The summed E-state index contributed by atoms with van der Waals surface area (Å²) < 4.78 is 2.07. The van der Waals surface area contributed by atoms with Gasteiger partial charge in [0.25, 0.3) is 0 Å². The fourth-order valence-electron chi connectivity index (χ4n) is 1.14. The number of unbranched alkanes of at least 4 members (excludes halogenated alkanes) is 2. The average Bonchev–Trinajstić information content (AvgIpc) is 2.37. The van der Waals surface area contributed by atoms with Crippen molar-refractivity contribution >= 4 is 0 Å². The molecule has 0 aliphatic rings. The molecule has 1 heterocycles. The second-order valence-corrected chi connectivity index (χ2v) is 2.90. The van der Waals surface area contributed by atoms with Crippen molar-refractivity contribution < 1.29 is 0 Å². The molecule has 0 spiro atoms. The minimum Gasteiger partial charge on any atom is -0.344 e. The van der Waals surface area contributed by atoms with Gasteiger partial charge in [0.2, 0.25) is 0 Å². The Balaban J connectivity index is 0.00000121. The molecule has 0 aromatic carbocycles. The van der Waals surface area contributed by atoms with Crippen molar-refractivity contribution in [2.45, 2.75) is 39.7 Å². The van der Waals surface area contributed by atoms with Crippen LogP contribution in [0.2, 0.25) is 0 Å². The van der Waals surface area contributed by atoms with E-state index in [9.17, 15) is 0 Å². The van der Waals surface area contributed by atoms with E-state index >= 15 is 0 Å². The van der Waals surface area contributed by atoms with E-state index < -0.39 is 0 Å². The quantitative estimate of drug-likeness (QED) is 0.704. The fourth-order valence-corrected chi connectivity index (χ4v) is 1.14. The monoisotopic (exact) mass is 169 g/mol. The highest BCUT2D eigenvalue weighted by molar-refractivity contribution is 4.96. The molecule has 0 unspecified atom stereocenters. The SMILES string of the molecule is CCCCCn1nccc1C.N. The molecule has 3 heteroatoms. The van der Waals surface area contributed by atoms with E-state index in [0.717, 1.165) is 6.54 Å². The van der Waals surface area contributed by atoms with Crippen LogP contribution in [0.25, 0.3) is 0 Å². The van der Waals surface area contributed by atoms with E-state index in [1.807, 2.05) is 12.3 Å². The first-order valence-corrected chi connectivity index (χ1v) is 4.33. The highest BCUT2D eigenvalue weighted by Crippen LogP contribution is 2.00. The van der Waals surface area contributed by atoms with Crippen molar-refractivity contribution in [3.8, 4) is 0 Å². The maximum atomic E-state index is 4.20. The topological polar surface area (TPSA) is 52.8 Å². The maximum Gasteiger partial charge on any atom is 0.0492 e. The Morgan fingerprint density at radius 2 is 2.17 bits per heavy atom. The van der Waals surface area contributed by atoms with Gasteiger partial charge in [0, 0.05) is 18.4 Å². The first kappa shape index (κ1) is 11.2. The van der Waals surface area contributed by atoms with Crippen LogP contribution in [-0.4, -0.2) is 9.78 Å². The van der Waals surface area contributed by atoms with E-state index in [2.05, 4.69) is 23.6 Å². The molecule has 0 fully saturated rings. The molecule has 0 aliphatic carbocycles. The molecule has 0 aliphatic heterocycles. The van der Waals surface area contributed by atoms with Crippen LogP contribution in [0.4, 0.5) is 0 Å². The van der Waals surface area contributed by atoms with Crippen molar-refractivity contribution in [1.82, 2.24) is 15.9 Å². The van der Waals surface area contributed by atoms with Crippen LogP contribution in [0, 0.1) is 6.92 Å². The molecule has 0 amide bonds. The molecular formula is C9H19N3. The molecule has 0 atom stereocenters. The smallest absolute Gasteiger partial charge is 0.0492 e. The molecule has 0 saturated carbocycles. The van der Waals surface area contributed by atoms with Gasteiger partial charge in [-0.15, -0.1) is 0 Å². The number of rotatable bonds is 4. The van der Waals surface area contributed by atoms with Crippen LogP contribution in [0.15, 0.2) is 12.3 Å². The normalized spacial score (nSPS) is 9.50. The summed E-state index contributed by atoms with van der Waals surface area (Å²) in [5.41, 5.74) is 1.26. The zero-order valence-electron chi connectivity index (χ0n) is 8.08. The zero-order valence-corrected chi connectivity index (χ0v) is 8.08. The van der Waals surface area contributed by atoms with Crippen LogP contribution in [0.1, 0.15) is 31.9 Å². The van der Waals surface area contributed by atoms with Gasteiger partial charge in [-0.05, 0) is 19.4 Å². The third-order valence-corrected chi connectivity index (χ3v) is 1.90. The van der Waals surface area contributed by atoms with Gasteiger partial charge in [-0.3, -0.25) is 4.68 Å². The second-order valence-electron chi connectivity index (χ2n) is 2.90. The Hall–Kier alpha value is -0.830. The van der Waals surface area contributed by atoms with Crippen molar-refractivity contribution in [2.75, 3.05) is 0 Å². The van der Waals surface area contributed by atoms with Gasteiger partial charge in [-0.1, -0.05) is 19.8 Å². The van der Waals surface area contributed by atoms with E-state index in [-0.39, 0.29) is 6.15 Å². The van der Waals surface area contributed by atoms with Crippen molar-refractivity contribution in [1.29, 1.82) is 0 Å². The second kappa shape index (κ2) is 5.77. The first-order chi connectivity index (χ1) is 5.34. The minimum absolute atomic E-state index is 0. The van der Waals surface area contributed by atoms with Gasteiger partial charge < -0.3 is 6.15 Å². The van der Waals surface area contributed by atoms with Crippen LogP contribution in [-0.2, 0) is 6.54 Å². The molecule has 1 rings (SSSR count). The summed E-state index contributed by atoms with van der Waals surface area (Å²) in [4.78, 5) is 0. The summed E-state index contributed by atoms with van der Waals surface area (Å²) in [7, 11) is 0. The molecule has 0 saturated heterocycles. The molecule has 1 aromatic rings. The molecule has 3 N–H and O–H groups in total. The third-order valence-electron chi connectivity index (χ3n) is 1.90. The van der Waals surface area contributed by atoms with Gasteiger partial charge in [0.1, 0.15) is 0 Å². The lowest BCUT2D eigenvalue weighted by atomic mass is 10.2. The minimum atomic E-state index is 0. The number of hydrogen-bond donors (Lipinski definition) is 1. The van der Waals surface area contributed by atoms with Crippen molar-refractivity contribution in [2.24, 2.45) is 0 Å². The molecule has 1 aromatic heterocycles. The summed E-state index contributed by atoms with van der Waals surface area (Å²) in [6.07, 6.45) is 5.69. The van der Waals surface area contributed by atoms with Gasteiger partial charge in [-0.25, -0.2) is 0 Å². The highest BCUT2D eigenvalue weighted by Gasteiger charge is 1.94. The summed E-state index contributed by atoms with van der Waals surface area (Å²) in [5, 5.41) is 4.20. The van der Waals surface area contributed by atoms with Crippen LogP contribution in [0.3, 0.4) is 0 Å². The lowest BCUT2D eigenvalue weighted by molar-refractivity contribution is 0.542. The van der Waals surface area contributed by atoms with E-state index in [4.69, 9.17) is 0 Å². The standard InChI is InChI=1S/C9H16N2.H3N/c1-3-4-5-8-11-9(2)6-7-10-11;/h6-7H,3-5,8H2,1-2H3;1H3. The molecule has 0 radical (unpaired) electrons. The zero-order chi connectivity index (χ0) is 8.10. The predicted octanol–water partition coefficient (Wildman–Crippen LogP) is 2.54. The third kappa shape index (κ3) is 3.05. The molecular weight excluding hydrogens is 150 g/mol. The molecule has 0 bridgehead atoms. The lowest BCUT2D eigenvalue weighted by Gasteiger charge is -2.01. The number of aromatic nitrogens is 2. The summed E-state index contributed by atoms with van der Waals surface area (Å²) in [6.45, 7) is 5.39. The summed E-state index contributed by atoms with van der Waals surface area (Å²) >= 11 is 0. The Labute approximate surface area is 74.4 Å². The fraction of sp³-hybridized carbons (Fsp3) is 0.667. The Bertz CT molecular complexity index is 205. The van der Waals surface area contributed by atoms with Crippen LogP contribution in [0.5, 0.6) is 0 Å². The molecule has 12 heavy (non-hydrogen) atoms. The van der Waals surface area contributed by atoms with Gasteiger partial charge in [-0.2, -0.15) is 5.10 Å². The Morgan fingerprint density at radius 1 is 1.42 bits per heavy atom. The van der Waals surface area contributed by atoms with Gasteiger partial charge in [0.05, 0.1) is 0 Å². The van der Waals surface area contributed by atoms with Crippen LogP contribution < -0.4 is 6.15 Å².